The van der Waals surface area contributed by atoms with Crippen molar-refractivity contribution in [1.29, 1.82) is 0 Å². The van der Waals surface area contributed by atoms with E-state index >= 15 is 0 Å². The lowest BCUT2D eigenvalue weighted by Gasteiger charge is -2.08. The first-order valence-electron chi connectivity index (χ1n) is 5.97. The van der Waals surface area contributed by atoms with E-state index < -0.39 is 0 Å². The minimum Gasteiger partial charge on any atom is -0.594 e. The summed E-state index contributed by atoms with van der Waals surface area (Å²) >= 11 is 13.7. The molecule has 0 unspecified atom stereocenters. The van der Waals surface area contributed by atoms with E-state index in [0.29, 0.717) is 26.0 Å². The molecule has 2 aromatic carbocycles. The van der Waals surface area contributed by atoms with Crippen molar-refractivity contribution in [2.75, 3.05) is 6.54 Å². The molecule has 0 saturated heterocycles. The second-order valence-electron chi connectivity index (χ2n) is 4.19. The van der Waals surface area contributed by atoms with Gasteiger partial charge in [-0.2, -0.15) is 0 Å². The summed E-state index contributed by atoms with van der Waals surface area (Å²) in [5.74, 6) is 0. The first kappa shape index (κ1) is 17.1. The molecule has 0 aliphatic heterocycles. The topological polar surface area (TPSA) is 38.4 Å². The number of alkyl halides is 1. The summed E-state index contributed by atoms with van der Waals surface area (Å²) in [6.07, 6.45) is 0. The quantitative estimate of drug-likeness (QED) is 0.184. The maximum atomic E-state index is 12.2. The minimum atomic E-state index is 0.00292. The molecule has 110 valence electrons. The zero-order chi connectivity index (χ0) is 15.4. The number of rotatable bonds is 4. The van der Waals surface area contributed by atoms with Crippen molar-refractivity contribution in [1.82, 2.24) is 0 Å². The van der Waals surface area contributed by atoms with Crippen LogP contribution in [0.4, 0.5) is 5.69 Å². The Morgan fingerprint density at radius 2 is 1.62 bits per heavy atom. The molecule has 7 heteroatoms. The van der Waals surface area contributed by atoms with E-state index in [2.05, 4.69) is 68.8 Å². The second-order valence-corrected chi connectivity index (χ2v) is 7.92. The van der Waals surface area contributed by atoms with Gasteiger partial charge in [-0.3, -0.25) is 0 Å². The van der Waals surface area contributed by atoms with Crippen molar-refractivity contribution in [2.24, 2.45) is 5.11 Å². The van der Waals surface area contributed by atoms with Gasteiger partial charge in [-0.1, -0.05) is 67.1 Å². The Balaban J connectivity index is 2.19. The smallest absolute Gasteiger partial charge is 0.272 e. The Kier molecular flexibility index (Phi) is 6.40. The summed E-state index contributed by atoms with van der Waals surface area (Å²) in [4.78, 5) is 0.640. The zero-order valence-electron chi connectivity index (χ0n) is 10.6. The van der Waals surface area contributed by atoms with Gasteiger partial charge in [0.05, 0.1) is 13.8 Å². The minimum absolute atomic E-state index is 0.00292. The summed E-state index contributed by atoms with van der Waals surface area (Å²) in [7, 11) is 0. The molecule has 0 bridgehead atoms. The van der Waals surface area contributed by atoms with E-state index in [1.807, 2.05) is 42.5 Å². The third-order valence-electron chi connectivity index (χ3n) is 2.70. The zero-order valence-corrected chi connectivity index (χ0v) is 17.0. The molecule has 2 rings (SSSR count). The lowest BCUT2D eigenvalue weighted by molar-refractivity contribution is -0.443. The fourth-order valence-electron chi connectivity index (χ4n) is 1.70. The molecule has 0 saturated carbocycles. The fourth-order valence-corrected chi connectivity index (χ4v) is 4.70. The Bertz CT molecular complexity index is 638. The molecule has 0 radical (unpaired) electrons. The van der Waals surface area contributed by atoms with E-state index in [9.17, 15) is 5.21 Å². The monoisotopic (exact) mass is 538 g/mol. The molecule has 0 aliphatic rings. The molecule has 3 nitrogen and oxygen atoms in total. The Morgan fingerprint density at radius 3 is 2.19 bits per heavy atom. The SMILES string of the molecule is [O-][N+](=NC[C@@H](Br)c1ccccc1)c1c(Br)cc(Br)cc1Br. The van der Waals surface area contributed by atoms with Crippen LogP contribution in [0.15, 0.2) is 61.0 Å². The van der Waals surface area contributed by atoms with Gasteiger partial charge in [0.25, 0.3) is 5.69 Å². The largest absolute Gasteiger partial charge is 0.594 e. The van der Waals surface area contributed by atoms with Crippen molar-refractivity contribution in [3.8, 4) is 0 Å². The van der Waals surface area contributed by atoms with Gasteiger partial charge in [-0.05, 0) is 54.7 Å². The molecule has 1 atom stereocenters. The molecule has 0 N–H and O–H groups in total. The van der Waals surface area contributed by atoms with Gasteiger partial charge < -0.3 is 5.21 Å². The normalized spacial score (nSPS) is 13.2. The molecule has 2 aromatic rings. The molecular formula is C14H10Br4N2O. The van der Waals surface area contributed by atoms with E-state index in [1.165, 1.54) is 0 Å². The van der Waals surface area contributed by atoms with Crippen LogP contribution < -0.4 is 0 Å². The van der Waals surface area contributed by atoms with Crippen LogP contribution >= 0.6 is 63.7 Å². The summed E-state index contributed by atoms with van der Waals surface area (Å²) in [6.45, 7) is 0.350. The first-order valence-corrected chi connectivity index (χ1v) is 9.26. The molecule has 21 heavy (non-hydrogen) atoms. The maximum absolute atomic E-state index is 12.2. The molecule has 0 heterocycles. The van der Waals surface area contributed by atoms with Crippen molar-refractivity contribution < 1.29 is 4.86 Å². The Morgan fingerprint density at radius 1 is 1.05 bits per heavy atom. The predicted molar refractivity (Wildman–Crippen MR) is 98.2 cm³/mol. The number of azo groups is 1. The molecule has 0 spiro atoms. The van der Waals surface area contributed by atoms with Crippen molar-refractivity contribution in [3.63, 3.8) is 0 Å². The summed E-state index contributed by atoms with van der Waals surface area (Å²) in [6, 6.07) is 13.5. The lowest BCUT2D eigenvalue weighted by atomic mass is 10.1. The van der Waals surface area contributed by atoms with Crippen LogP contribution in [0.5, 0.6) is 0 Å². The molecule has 0 fully saturated rings. The van der Waals surface area contributed by atoms with Gasteiger partial charge in [-0.15, -0.1) is 0 Å². The third-order valence-corrected chi connectivity index (χ3v) is 5.19. The number of hydrogen-bond acceptors (Lipinski definition) is 2. The highest BCUT2D eigenvalue weighted by Crippen LogP contribution is 2.36. The standard InChI is InChI=1S/C14H10Br4N2O/c15-10-6-11(16)14(12(17)7-10)20(21)19-8-13(18)9-4-2-1-3-5-9/h1-7,13H,8H2/t13-/m1/s1. The van der Waals surface area contributed by atoms with Gasteiger partial charge >= 0.3 is 0 Å². The van der Waals surface area contributed by atoms with Crippen LogP contribution in [-0.2, 0) is 0 Å². The number of halogens is 4. The predicted octanol–water partition coefficient (Wildman–Crippen LogP) is 6.70. The first-order chi connectivity index (χ1) is 9.99. The summed E-state index contributed by atoms with van der Waals surface area (Å²) in [5.41, 5.74) is 1.54. The molecule has 0 aliphatic carbocycles. The summed E-state index contributed by atoms with van der Waals surface area (Å²) in [5, 5.41) is 16.3. The molecule has 0 amide bonds. The third kappa shape index (κ3) is 4.61. The average Bonchev–Trinajstić information content (AvgIpc) is 2.44. The van der Waals surface area contributed by atoms with Crippen LogP contribution in [-0.4, -0.2) is 11.4 Å². The van der Waals surface area contributed by atoms with E-state index in [4.69, 9.17) is 0 Å². The van der Waals surface area contributed by atoms with Crippen LogP contribution in [0, 0.1) is 5.21 Å². The average molecular weight is 542 g/mol. The van der Waals surface area contributed by atoms with Crippen LogP contribution in [0.25, 0.3) is 0 Å². The van der Waals surface area contributed by atoms with Crippen LogP contribution in [0.2, 0.25) is 0 Å². The van der Waals surface area contributed by atoms with Crippen molar-refractivity contribution in [3.05, 3.63) is 66.7 Å². The summed E-state index contributed by atoms with van der Waals surface area (Å²) < 4.78 is 2.22. The highest BCUT2D eigenvalue weighted by atomic mass is 79.9. The molecule has 0 aromatic heterocycles. The van der Waals surface area contributed by atoms with Gasteiger partial charge in [0.15, 0.2) is 0 Å². The highest BCUT2D eigenvalue weighted by molar-refractivity contribution is 9.11. The van der Waals surface area contributed by atoms with Gasteiger partial charge in [0.1, 0.15) is 6.54 Å². The number of nitrogens with zero attached hydrogens (tertiary/aromatic N) is 2. The van der Waals surface area contributed by atoms with E-state index in [1.54, 1.807) is 0 Å². The van der Waals surface area contributed by atoms with E-state index in [0.717, 1.165) is 10.0 Å². The Labute approximate surface area is 156 Å². The highest BCUT2D eigenvalue weighted by Gasteiger charge is 2.17. The number of hydrogen-bond donors (Lipinski definition) is 0. The lowest BCUT2D eigenvalue weighted by Crippen LogP contribution is -2.00. The Hall–Kier alpha value is -0.240. The molecular weight excluding hydrogens is 532 g/mol. The van der Waals surface area contributed by atoms with Crippen molar-refractivity contribution in [2.45, 2.75) is 4.83 Å². The van der Waals surface area contributed by atoms with Crippen LogP contribution in [0.1, 0.15) is 10.4 Å². The van der Waals surface area contributed by atoms with Gasteiger partial charge in [0, 0.05) is 4.47 Å². The van der Waals surface area contributed by atoms with Gasteiger partial charge in [0.2, 0.25) is 0 Å². The van der Waals surface area contributed by atoms with Crippen molar-refractivity contribution >= 4 is 69.4 Å². The fraction of sp³-hybridized carbons (Fsp3) is 0.143. The second kappa shape index (κ2) is 7.85. The van der Waals surface area contributed by atoms with E-state index in [-0.39, 0.29) is 4.83 Å². The number of benzene rings is 2. The van der Waals surface area contributed by atoms with Crippen LogP contribution in [0.3, 0.4) is 0 Å². The maximum Gasteiger partial charge on any atom is 0.272 e. The van der Waals surface area contributed by atoms with Gasteiger partial charge in [-0.25, -0.2) is 0 Å².